The third kappa shape index (κ3) is 11.4. The standard InChI is InChI=1S/C2H4Br2.H3N/c3-1-2-4;/h1-2H2;1H3. The van der Waals surface area contributed by atoms with Gasteiger partial charge in [-0.2, -0.15) is 0 Å². The second-order valence-corrected chi connectivity index (χ2v) is 1.96. The van der Waals surface area contributed by atoms with Crippen LogP contribution < -0.4 is 6.15 Å². The lowest BCUT2D eigenvalue weighted by Gasteiger charge is -1.63. The molecule has 0 radical (unpaired) electrons. The van der Waals surface area contributed by atoms with Crippen molar-refractivity contribution in [3.05, 3.63) is 0 Å². The Morgan fingerprint density at radius 3 is 1.20 bits per heavy atom. The molecular formula is C2H7Br2N. The molecule has 0 aromatic heterocycles. The van der Waals surface area contributed by atoms with Crippen LogP contribution in [0.1, 0.15) is 0 Å². The Balaban J connectivity index is 0. The second kappa shape index (κ2) is 8.87. The molecule has 0 aromatic carbocycles. The van der Waals surface area contributed by atoms with Crippen molar-refractivity contribution in [2.24, 2.45) is 0 Å². The molecule has 34 valence electrons. The molecule has 0 spiro atoms. The van der Waals surface area contributed by atoms with E-state index in [-0.39, 0.29) is 6.15 Å². The fourth-order valence-electron chi connectivity index (χ4n) is 0. The molecular weight excluding hydrogens is 198 g/mol. The maximum absolute atomic E-state index is 3.20. The van der Waals surface area contributed by atoms with Crippen LogP contribution in [0.3, 0.4) is 0 Å². The van der Waals surface area contributed by atoms with Crippen molar-refractivity contribution in [2.45, 2.75) is 0 Å². The molecule has 5 heavy (non-hydrogen) atoms. The van der Waals surface area contributed by atoms with E-state index in [0.717, 1.165) is 10.7 Å². The van der Waals surface area contributed by atoms with Crippen molar-refractivity contribution >= 4 is 31.9 Å². The molecule has 0 aliphatic rings. The average Bonchev–Trinajstić information content (AvgIpc) is 1.37. The predicted octanol–water partition coefficient (Wildman–Crippen LogP) is 1.94. The van der Waals surface area contributed by atoms with Gasteiger partial charge in [0.05, 0.1) is 0 Å². The van der Waals surface area contributed by atoms with Gasteiger partial charge in [-0.15, -0.1) is 0 Å². The van der Waals surface area contributed by atoms with Crippen LogP contribution in [0.4, 0.5) is 0 Å². The Morgan fingerprint density at radius 2 is 1.20 bits per heavy atom. The molecule has 0 saturated carbocycles. The monoisotopic (exact) mass is 203 g/mol. The molecule has 0 amide bonds. The van der Waals surface area contributed by atoms with Crippen LogP contribution in [0.2, 0.25) is 0 Å². The van der Waals surface area contributed by atoms with Gasteiger partial charge in [-0.3, -0.25) is 0 Å². The molecule has 0 fully saturated rings. The maximum atomic E-state index is 3.20. The topological polar surface area (TPSA) is 35.0 Å². The van der Waals surface area contributed by atoms with E-state index in [1.807, 2.05) is 0 Å². The van der Waals surface area contributed by atoms with Crippen molar-refractivity contribution in [3.63, 3.8) is 0 Å². The minimum absolute atomic E-state index is 0. The number of rotatable bonds is 1. The number of halogens is 2. The zero-order valence-electron chi connectivity index (χ0n) is 2.88. The Kier molecular flexibility index (Phi) is 16.5. The van der Waals surface area contributed by atoms with Gasteiger partial charge in [0, 0.05) is 10.7 Å². The van der Waals surface area contributed by atoms with Gasteiger partial charge in [-0.25, -0.2) is 0 Å². The van der Waals surface area contributed by atoms with Crippen molar-refractivity contribution in [1.82, 2.24) is 6.15 Å². The summed E-state index contributed by atoms with van der Waals surface area (Å²) in [5.74, 6) is 0. The first-order valence-electron chi connectivity index (χ1n) is 1.03. The third-order valence-electron chi connectivity index (χ3n) is 0.0714. The van der Waals surface area contributed by atoms with Gasteiger partial charge in [0.15, 0.2) is 0 Å². The van der Waals surface area contributed by atoms with Crippen LogP contribution in [0.5, 0.6) is 0 Å². The normalized spacial score (nSPS) is 6.00. The van der Waals surface area contributed by atoms with Crippen LogP contribution in [0.25, 0.3) is 0 Å². The van der Waals surface area contributed by atoms with Crippen molar-refractivity contribution < 1.29 is 0 Å². The zero-order valence-corrected chi connectivity index (χ0v) is 6.05. The van der Waals surface area contributed by atoms with E-state index in [0.29, 0.717) is 0 Å². The molecule has 0 aliphatic carbocycles. The molecule has 3 heteroatoms. The van der Waals surface area contributed by atoms with Crippen molar-refractivity contribution in [3.8, 4) is 0 Å². The van der Waals surface area contributed by atoms with Gasteiger partial charge in [0.25, 0.3) is 0 Å². The molecule has 0 aliphatic heterocycles. The number of hydrogen-bond acceptors (Lipinski definition) is 1. The number of alkyl halides is 2. The van der Waals surface area contributed by atoms with Gasteiger partial charge < -0.3 is 6.15 Å². The lowest BCUT2D eigenvalue weighted by Crippen LogP contribution is -1.61. The minimum Gasteiger partial charge on any atom is -0.344 e. The zero-order chi connectivity index (χ0) is 3.41. The van der Waals surface area contributed by atoms with Gasteiger partial charge in [-0.1, -0.05) is 31.9 Å². The Hall–Kier alpha value is 0.920. The van der Waals surface area contributed by atoms with E-state index in [1.165, 1.54) is 0 Å². The summed E-state index contributed by atoms with van der Waals surface area (Å²) in [5.41, 5.74) is 0. The van der Waals surface area contributed by atoms with Gasteiger partial charge >= 0.3 is 0 Å². The molecule has 0 atom stereocenters. The van der Waals surface area contributed by atoms with E-state index in [9.17, 15) is 0 Å². The van der Waals surface area contributed by atoms with Crippen molar-refractivity contribution in [2.75, 3.05) is 10.7 Å². The minimum atomic E-state index is 0. The predicted molar refractivity (Wildman–Crippen MR) is 32.6 cm³/mol. The first-order valence-corrected chi connectivity index (χ1v) is 3.28. The van der Waals surface area contributed by atoms with E-state index in [4.69, 9.17) is 0 Å². The average molecular weight is 205 g/mol. The number of hydrogen-bond donors (Lipinski definition) is 1. The highest BCUT2D eigenvalue weighted by molar-refractivity contribution is 9.11. The van der Waals surface area contributed by atoms with Crippen LogP contribution in [-0.4, -0.2) is 10.7 Å². The van der Waals surface area contributed by atoms with E-state index in [1.54, 1.807) is 0 Å². The summed E-state index contributed by atoms with van der Waals surface area (Å²) >= 11 is 6.40. The summed E-state index contributed by atoms with van der Waals surface area (Å²) in [5, 5.41) is 2.10. The Bertz CT molecular complexity index is 9.61. The van der Waals surface area contributed by atoms with E-state index in [2.05, 4.69) is 31.9 Å². The molecule has 0 heterocycles. The quantitative estimate of drug-likeness (QED) is 0.652. The highest BCUT2D eigenvalue weighted by Gasteiger charge is 1.60. The lowest BCUT2D eigenvalue weighted by atomic mass is 11.0. The van der Waals surface area contributed by atoms with Crippen LogP contribution in [-0.2, 0) is 0 Å². The first-order chi connectivity index (χ1) is 1.91. The molecule has 0 saturated heterocycles. The highest BCUT2D eigenvalue weighted by Crippen LogP contribution is 1.82. The maximum Gasteiger partial charge on any atom is 0.0129 e. The fourth-order valence-corrected chi connectivity index (χ4v) is 0. The summed E-state index contributed by atoms with van der Waals surface area (Å²) in [6.07, 6.45) is 0. The van der Waals surface area contributed by atoms with Crippen LogP contribution >= 0.6 is 31.9 Å². The van der Waals surface area contributed by atoms with Crippen LogP contribution in [0.15, 0.2) is 0 Å². The fraction of sp³-hybridized carbons (Fsp3) is 1.00. The summed E-state index contributed by atoms with van der Waals surface area (Å²) in [4.78, 5) is 0. The van der Waals surface area contributed by atoms with Crippen molar-refractivity contribution in [1.29, 1.82) is 0 Å². The summed E-state index contributed by atoms with van der Waals surface area (Å²) < 4.78 is 0. The molecule has 1 nitrogen and oxygen atoms in total. The molecule has 3 N–H and O–H groups in total. The lowest BCUT2D eigenvalue weighted by molar-refractivity contribution is 1.62. The molecule has 0 unspecified atom stereocenters. The summed E-state index contributed by atoms with van der Waals surface area (Å²) in [6.45, 7) is 0. The molecule has 0 rings (SSSR count). The first kappa shape index (κ1) is 9.33. The highest BCUT2D eigenvalue weighted by atomic mass is 79.9. The van der Waals surface area contributed by atoms with Gasteiger partial charge in [-0.05, 0) is 0 Å². The Morgan fingerprint density at radius 1 is 1.00 bits per heavy atom. The van der Waals surface area contributed by atoms with E-state index >= 15 is 0 Å². The molecule has 0 bridgehead atoms. The SMILES string of the molecule is BrCCBr.N. The van der Waals surface area contributed by atoms with Crippen LogP contribution in [0, 0.1) is 0 Å². The third-order valence-corrected chi connectivity index (χ3v) is 1.93. The summed E-state index contributed by atoms with van der Waals surface area (Å²) in [7, 11) is 0. The summed E-state index contributed by atoms with van der Waals surface area (Å²) in [6, 6.07) is 0. The second-order valence-electron chi connectivity index (χ2n) is 0.378. The largest absolute Gasteiger partial charge is 0.344 e. The smallest absolute Gasteiger partial charge is 0.0129 e. The van der Waals surface area contributed by atoms with Gasteiger partial charge in [0.1, 0.15) is 0 Å². The Labute approximate surface area is 49.0 Å². The van der Waals surface area contributed by atoms with E-state index < -0.39 is 0 Å². The molecule has 0 aromatic rings. The van der Waals surface area contributed by atoms with Gasteiger partial charge in [0.2, 0.25) is 0 Å².